The number of hydrogen-bond acceptors (Lipinski definition) is 2. The summed E-state index contributed by atoms with van der Waals surface area (Å²) in [5, 5.41) is 3.38. The fraction of sp³-hybridized carbons (Fsp3) is 0.571. The van der Waals surface area contributed by atoms with Gasteiger partial charge in [0, 0.05) is 18.6 Å². The lowest BCUT2D eigenvalue weighted by Crippen LogP contribution is -2.41. The number of nitrogens with one attached hydrogen (secondary N) is 1. The molecule has 2 unspecified atom stereocenters. The van der Waals surface area contributed by atoms with E-state index in [0.717, 1.165) is 19.6 Å². The van der Waals surface area contributed by atoms with E-state index in [1.54, 1.807) is 0 Å². The highest BCUT2D eigenvalue weighted by Gasteiger charge is 2.31. The molecule has 0 heterocycles. The van der Waals surface area contributed by atoms with E-state index in [9.17, 15) is 0 Å². The Hall–Kier alpha value is -0.860. The molecule has 1 aliphatic carbocycles. The summed E-state index contributed by atoms with van der Waals surface area (Å²) in [6.07, 6.45) is 2.29. The van der Waals surface area contributed by atoms with Crippen molar-refractivity contribution in [3.8, 4) is 0 Å². The lowest BCUT2D eigenvalue weighted by Gasteiger charge is -2.36. The van der Waals surface area contributed by atoms with Crippen molar-refractivity contribution in [3.63, 3.8) is 0 Å². The quantitative estimate of drug-likeness (QED) is 0.741. The number of hydrogen-bond donors (Lipinski definition) is 1. The topological polar surface area (TPSA) is 21.3 Å². The maximum Gasteiger partial charge on any atom is 0.0625 e. The highest BCUT2D eigenvalue weighted by Crippen LogP contribution is 2.37. The zero-order valence-corrected chi connectivity index (χ0v) is 10.2. The van der Waals surface area contributed by atoms with Gasteiger partial charge in [-0.1, -0.05) is 31.2 Å². The standard InChI is InChI=1S/C14H21NO/c1-3-8-16-10-14(15-2)13-9-11-6-4-5-7-12(11)13/h4-7,13-15H,3,8-10H2,1-2H3. The Morgan fingerprint density at radius 1 is 1.44 bits per heavy atom. The Morgan fingerprint density at radius 2 is 2.25 bits per heavy atom. The number of fused-ring (bicyclic) bond motifs is 1. The van der Waals surface area contributed by atoms with Crippen LogP contribution in [0.2, 0.25) is 0 Å². The molecule has 1 N–H and O–H groups in total. The molecule has 88 valence electrons. The zero-order valence-electron chi connectivity index (χ0n) is 10.2. The van der Waals surface area contributed by atoms with E-state index in [0.29, 0.717) is 12.0 Å². The van der Waals surface area contributed by atoms with Crippen molar-refractivity contribution in [1.82, 2.24) is 5.32 Å². The van der Waals surface area contributed by atoms with Crippen LogP contribution in [0.3, 0.4) is 0 Å². The summed E-state index contributed by atoms with van der Waals surface area (Å²) in [6.45, 7) is 3.84. The first-order valence-corrected chi connectivity index (χ1v) is 6.19. The molecule has 2 nitrogen and oxygen atoms in total. The van der Waals surface area contributed by atoms with Gasteiger partial charge in [-0.15, -0.1) is 0 Å². The van der Waals surface area contributed by atoms with Crippen LogP contribution in [0.25, 0.3) is 0 Å². The van der Waals surface area contributed by atoms with Gasteiger partial charge in [0.05, 0.1) is 6.61 Å². The molecule has 16 heavy (non-hydrogen) atoms. The molecule has 0 spiro atoms. The first-order valence-electron chi connectivity index (χ1n) is 6.19. The first kappa shape index (κ1) is 11.6. The van der Waals surface area contributed by atoms with Crippen molar-refractivity contribution in [2.45, 2.75) is 31.7 Å². The van der Waals surface area contributed by atoms with Crippen LogP contribution in [0.4, 0.5) is 0 Å². The fourth-order valence-electron chi connectivity index (χ4n) is 2.41. The van der Waals surface area contributed by atoms with Crippen LogP contribution in [0.15, 0.2) is 24.3 Å². The maximum atomic E-state index is 5.65. The summed E-state index contributed by atoms with van der Waals surface area (Å²) >= 11 is 0. The average molecular weight is 219 g/mol. The van der Waals surface area contributed by atoms with Gasteiger partial charge in [0.15, 0.2) is 0 Å². The first-order chi connectivity index (χ1) is 7.86. The van der Waals surface area contributed by atoms with E-state index in [1.165, 1.54) is 17.5 Å². The monoisotopic (exact) mass is 219 g/mol. The molecule has 0 saturated carbocycles. The Kier molecular flexibility index (Phi) is 3.97. The predicted molar refractivity (Wildman–Crippen MR) is 66.8 cm³/mol. The molecule has 0 radical (unpaired) electrons. The van der Waals surface area contributed by atoms with Gasteiger partial charge < -0.3 is 10.1 Å². The molecule has 1 aromatic rings. The second-order valence-corrected chi connectivity index (χ2v) is 4.48. The predicted octanol–water partition coefficient (Wildman–Crippen LogP) is 2.34. The van der Waals surface area contributed by atoms with Crippen LogP contribution in [0.5, 0.6) is 0 Å². The van der Waals surface area contributed by atoms with Crippen LogP contribution in [-0.2, 0) is 11.2 Å². The highest BCUT2D eigenvalue weighted by atomic mass is 16.5. The van der Waals surface area contributed by atoms with E-state index in [1.807, 2.05) is 7.05 Å². The molecule has 0 aliphatic heterocycles. The van der Waals surface area contributed by atoms with Crippen LogP contribution in [0, 0.1) is 0 Å². The maximum absolute atomic E-state index is 5.65. The Bertz CT molecular complexity index is 337. The van der Waals surface area contributed by atoms with Gasteiger partial charge in [0.2, 0.25) is 0 Å². The van der Waals surface area contributed by atoms with Crippen LogP contribution in [0.1, 0.15) is 30.4 Å². The van der Waals surface area contributed by atoms with Crippen LogP contribution in [-0.4, -0.2) is 26.3 Å². The second kappa shape index (κ2) is 5.46. The Morgan fingerprint density at radius 3 is 2.94 bits per heavy atom. The zero-order chi connectivity index (χ0) is 11.4. The summed E-state index contributed by atoms with van der Waals surface area (Å²) in [7, 11) is 2.03. The van der Waals surface area contributed by atoms with E-state index >= 15 is 0 Å². The summed E-state index contributed by atoms with van der Waals surface area (Å²) in [6, 6.07) is 9.18. The molecular weight excluding hydrogens is 198 g/mol. The van der Waals surface area contributed by atoms with Crippen molar-refractivity contribution >= 4 is 0 Å². The summed E-state index contributed by atoms with van der Waals surface area (Å²) in [5.74, 6) is 0.637. The SMILES string of the molecule is CCCOCC(NC)C1Cc2ccccc21. The third-order valence-corrected chi connectivity index (χ3v) is 3.40. The minimum atomic E-state index is 0.460. The molecule has 0 saturated heterocycles. The minimum Gasteiger partial charge on any atom is -0.380 e. The van der Waals surface area contributed by atoms with E-state index < -0.39 is 0 Å². The number of ether oxygens (including phenoxy) is 1. The van der Waals surface area contributed by atoms with Gasteiger partial charge in [-0.2, -0.15) is 0 Å². The minimum absolute atomic E-state index is 0.460. The molecule has 2 atom stereocenters. The van der Waals surface area contributed by atoms with Crippen molar-refractivity contribution < 1.29 is 4.74 Å². The number of likely N-dealkylation sites (N-methyl/N-ethyl adjacent to an activating group) is 1. The molecule has 0 aromatic heterocycles. The number of benzene rings is 1. The lowest BCUT2D eigenvalue weighted by molar-refractivity contribution is 0.103. The third-order valence-electron chi connectivity index (χ3n) is 3.40. The lowest BCUT2D eigenvalue weighted by atomic mass is 9.73. The van der Waals surface area contributed by atoms with Crippen molar-refractivity contribution in [1.29, 1.82) is 0 Å². The van der Waals surface area contributed by atoms with Crippen molar-refractivity contribution in [2.75, 3.05) is 20.3 Å². The molecule has 1 aliphatic rings. The van der Waals surface area contributed by atoms with Gasteiger partial charge in [0.1, 0.15) is 0 Å². The number of rotatable bonds is 6. The van der Waals surface area contributed by atoms with E-state index in [4.69, 9.17) is 4.74 Å². The molecule has 2 heteroatoms. The second-order valence-electron chi connectivity index (χ2n) is 4.48. The molecule has 1 aromatic carbocycles. The summed E-state index contributed by atoms with van der Waals surface area (Å²) < 4.78 is 5.65. The molecule has 2 rings (SSSR count). The van der Waals surface area contributed by atoms with Gasteiger partial charge in [0.25, 0.3) is 0 Å². The molecular formula is C14H21NO. The Labute approximate surface area is 98.0 Å². The molecule has 0 fully saturated rings. The van der Waals surface area contributed by atoms with Gasteiger partial charge in [-0.05, 0) is 31.0 Å². The smallest absolute Gasteiger partial charge is 0.0625 e. The van der Waals surface area contributed by atoms with Crippen LogP contribution < -0.4 is 5.32 Å². The third kappa shape index (κ3) is 2.28. The van der Waals surface area contributed by atoms with Gasteiger partial charge in [-0.25, -0.2) is 0 Å². The largest absolute Gasteiger partial charge is 0.380 e. The van der Waals surface area contributed by atoms with Gasteiger partial charge in [-0.3, -0.25) is 0 Å². The van der Waals surface area contributed by atoms with E-state index in [2.05, 4.69) is 36.5 Å². The summed E-state index contributed by atoms with van der Waals surface area (Å²) in [4.78, 5) is 0. The fourth-order valence-corrected chi connectivity index (χ4v) is 2.41. The normalized spacial score (nSPS) is 20.0. The van der Waals surface area contributed by atoms with Crippen molar-refractivity contribution in [3.05, 3.63) is 35.4 Å². The summed E-state index contributed by atoms with van der Waals surface area (Å²) in [5.41, 5.74) is 3.00. The van der Waals surface area contributed by atoms with Crippen molar-refractivity contribution in [2.24, 2.45) is 0 Å². The highest BCUT2D eigenvalue weighted by molar-refractivity contribution is 5.41. The van der Waals surface area contributed by atoms with Crippen LogP contribution >= 0.6 is 0 Å². The Balaban J connectivity index is 1.92. The van der Waals surface area contributed by atoms with E-state index in [-0.39, 0.29) is 0 Å². The molecule has 0 bridgehead atoms. The molecule has 0 amide bonds. The average Bonchev–Trinajstić information content (AvgIpc) is 2.29. The van der Waals surface area contributed by atoms with Gasteiger partial charge >= 0.3 is 0 Å².